The molecule has 0 heterocycles. The molecular weight excluding hydrogens is 112 g/mol. The van der Waals surface area contributed by atoms with E-state index < -0.39 is 0 Å². The number of hydrogen-bond acceptors (Lipinski definition) is 1. The van der Waals surface area contributed by atoms with Gasteiger partial charge < -0.3 is 0 Å². The van der Waals surface area contributed by atoms with Crippen LogP contribution in [0, 0.1) is 11.8 Å². The number of carbonyl (C=O) groups is 1. The molecule has 0 N–H and O–H groups in total. The van der Waals surface area contributed by atoms with Crippen molar-refractivity contribution in [3.8, 4) is 0 Å². The van der Waals surface area contributed by atoms with E-state index in [9.17, 15) is 4.79 Å². The van der Waals surface area contributed by atoms with Gasteiger partial charge in [-0.15, -0.1) is 0 Å². The number of hydrogen-bond donors (Lipinski definition) is 0. The van der Waals surface area contributed by atoms with E-state index in [1.165, 1.54) is 6.42 Å². The van der Waals surface area contributed by atoms with Crippen molar-refractivity contribution in [3.05, 3.63) is 24.3 Å². The van der Waals surface area contributed by atoms with Crippen molar-refractivity contribution < 1.29 is 4.79 Å². The fourth-order valence-corrected chi connectivity index (χ4v) is 1.17. The average Bonchev–Trinajstić information content (AvgIpc) is 2.54. The molecule has 2 aliphatic carbocycles. The minimum atomic E-state index is 0.141. The maximum Gasteiger partial charge on any atom is 0.178 e. The standard InChI is InChI=1S/C8H8O/c9-8-3-1-6-5-7(6)2-4-8/h1-4,6-7H,5H2. The number of ketones is 1. The van der Waals surface area contributed by atoms with Crippen molar-refractivity contribution in [2.75, 3.05) is 0 Å². The molecule has 0 amide bonds. The Morgan fingerprint density at radius 2 is 1.78 bits per heavy atom. The lowest BCUT2D eigenvalue weighted by Gasteiger charge is -1.75. The minimum absolute atomic E-state index is 0.141. The molecule has 1 nitrogen and oxygen atoms in total. The van der Waals surface area contributed by atoms with Gasteiger partial charge in [-0.3, -0.25) is 4.79 Å². The Hall–Kier alpha value is -0.850. The minimum Gasteiger partial charge on any atom is -0.290 e. The summed E-state index contributed by atoms with van der Waals surface area (Å²) < 4.78 is 0. The van der Waals surface area contributed by atoms with Crippen LogP contribution in [0.1, 0.15) is 6.42 Å². The van der Waals surface area contributed by atoms with Gasteiger partial charge in [-0.25, -0.2) is 0 Å². The Bertz CT molecular complexity index is 181. The second kappa shape index (κ2) is 1.56. The summed E-state index contributed by atoms with van der Waals surface area (Å²) in [4.78, 5) is 10.7. The Labute approximate surface area is 54.1 Å². The van der Waals surface area contributed by atoms with Crippen molar-refractivity contribution in [2.24, 2.45) is 11.8 Å². The molecule has 2 unspecified atom stereocenters. The average molecular weight is 120 g/mol. The monoisotopic (exact) mass is 120 g/mol. The van der Waals surface area contributed by atoms with E-state index in [1.807, 2.05) is 12.2 Å². The second-order valence-corrected chi connectivity index (χ2v) is 2.68. The first-order valence-electron chi connectivity index (χ1n) is 3.26. The smallest absolute Gasteiger partial charge is 0.178 e. The van der Waals surface area contributed by atoms with Crippen molar-refractivity contribution >= 4 is 5.78 Å². The van der Waals surface area contributed by atoms with Crippen molar-refractivity contribution in [3.63, 3.8) is 0 Å². The van der Waals surface area contributed by atoms with Gasteiger partial charge in [0.1, 0.15) is 0 Å². The zero-order valence-corrected chi connectivity index (χ0v) is 5.08. The van der Waals surface area contributed by atoms with E-state index in [2.05, 4.69) is 0 Å². The Morgan fingerprint density at radius 3 is 2.33 bits per heavy atom. The van der Waals surface area contributed by atoms with Gasteiger partial charge >= 0.3 is 0 Å². The van der Waals surface area contributed by atoms with E-state index in [4.69, 9.17) is 0 Å². The SMILES string of the molecule is O=C1C=CC2CC2C=C1. The van der Waals surface area contributed by atoms with Gasteiger partial charge in [0.15, 0.2) is 5.78 Å². The lowest BCUT2D eigenvalue weighted by Crippen LogP contribution is -1.81. The summed E-state index contributed by atoms with van der Waals surface area (Å²) in [5.41, 5.74) is 0. The second-order valence-electron chi connectivity index (χ2n) is 2.68. The molecule has 46 valence electrons. The first-order valence-corrected chi connectivity index (χ1v) is 3.26. The molecule has 0 aromatic carbocycles. The molecule has 0 radical (unpaired) electrons. The van der Waals surface area contributed by atoms with Gasteiger partial charge in [0, 0.05) is 0 Å². The van der Waals surface area contributed by atoms with Crippen LogP contribution in [0.3, 0.4) is 0 Å². The van der Waals surface area contributed by atoms with Crippen molar-refractivity contribution in [2.45, 2.75) is 6.42 Å². The van der Waals surface area contributed by atoms with Crippen LogP contribution in [0.5, 0.6) is 0 Å². The third-order valence-corrected chi connectivity index (χ3v) is 1.91. The normalized spacial score (nSPS) is 38.0. The molecule has 1 heteroatoms. The van der Waals surface area contributed by atoms with Crippen LogP contribution in [0.2, 0.25) is 0 Å². The van der Waals surface area contributed by atoms with Crippen LogP contribution in [-0.4, -0.2) is 5.78 Å². The molecular formula is C8H8O. The quantitative estimate of drug-likeness (QED) is 0.471. The molecule has 0 aromatic rings. The molecule has 0 bridgehead atoms. The van der Waals surface area contributed by atoms with E-state index >= 15 is 0 Å². The number of rotatable bonds is 0. The lowest BCUT2D eigenvalue weighted by molar-refractivity contribution is -0.110. The fourth-order valence-electron chi connectivity index (χ4n) is 1.17. The van der Waals surface area contributed by atoms with Crippen LogP contribution in [-0.2, 0) is 4.79 Å². The van der Waals surface area contributed by atoms with Crippen LogP contribution in [0.15, 0.2) is 24.3 Å². The van der Waals surface area contributed by atoms with Crippen molar-refractivity contribution in [1.29, 1.82) is 0 Å². The van der Waals surface area contributed by atoms with Crippen molar-refractivity contribution in [1.82, 2.24) is 0 Å². The molecule has 9 heavy (non-hydrogen) atoms. The summed E-state index contributed by atoms with van der Waals surface area (Å²) in [6.45, 7) is 0. The topological polar surface area (TPSA) is 17.1 Å². The fraction of sp³-hybridized carbons (Fsp3) is 0.375. The summed E-state index contributed by atoms with van der Waals surface area (Å²) in [7, 11) is 0. The zero-order valence-electron chi connectivity index (χ0n) is 5.08. The highest BCUT2D eigenvalue weighted by atomic mass is 16.1. The summed E-state index contributed by atoms with van der Waals surface area (Å²) in [5, 5.41) is 0. The van der Waals surface area contributed by atoms with Crippen LogP contribution in [0.25, 0.3) is 0 Å². The molecule has 0 aromatic heterocycles. The van der Waals surface area contributed by atoms with Gasteiger partial charge in [-0.05, 0) is 30.4 Å². The lowest BCUT2D eigenvalue weighted by atomic mass is 10.3. The number of carbonyl (C=O) groups excluding carboxylic acids is 1. The van der Waals surface area contributed by atoms with Gasteiger partial charge in [0.2, 0.25) is 0 Å². The molecule has 0 saturated heterocycles. The molecule has 0 aliphatic heterocycles. The summed E-state index contributed by atoms with van der Waals surface area (Å²) in [6, 6.07) is 0. The highest BCUT2D eigenvalue weighted by molar-refractivity contribution is 5.99. The molecule has 0 spiro atoms. The summed E-state index contributed by atoms with van der Waals surface area (Å²) in [5.74, 6) is 1.52. The van der Waals surface area contributed by atoms with E-state index in [1.54, 1.807) is 12.2 Å². The van der Waals surface area contributed by atoms with Crippen LogP contribution < -0.4 is 0 Å². The Balaban J connectivity index is 2.25. The van der Waals surface area contributed by atoms with Crippen LogP contribution in [0.4, 0.5) is 0 Å². The summed E-state index contributed by atoms with van der Waals surface area (Å²) in [6.07, 6.45) is 8.64. The molecule has 1 saturated carbocycles. The largest absolute Gasteiger partial charge is 0.290 e. The van der Waals surface area contributed by atoms with E-state index in [0.29, 0.717) is 11.8 Å². The van der Waals surface area contributed by atoms with E-state index in [0.717, 1.165) is 0 Å². The molecule has 2 aliphatic rings. The van der Waals surface area contributed by atoms with Crippen LogP contribution >= 0.6 is 0 Å². The first-order chi connectivity index (χ1) is 4.36. The third-order valence-electron chi connectivity index (χ3n) is 1.91. The molecule has 1 fully saturated rings. The highest BCUT2D eigenvalue weighted by Gasteiger charge is 2.33. The van der Waals surface area contributed by atoms with Gasteiger partial charge in [0.05, 0.1) is 0 Å². The van der Waals surface area contributed by atoms with Gasteiger partial charge in [-0.1, -0.05) is 12.2 Å². The predicted molar refractivity (Wildman–Crippen MR) is 34.9 cm³/mol. The third kappa shape index (κ3) is 0.826. The zero-order chi connectivity index (χ0) is 6.27. The Kier molecular flexibility index (Phi) is 0.865. The van der Waals surface area contributed by atoms with Gasteiger partial charge in [0.25, 0.3) is 0 Å². The Morgan fingerprint density at radius 1 is 1.22 bits per heavy atom. The van der Waals surface area contributed by atoms with E-state index in [-0.39, 0.29) is 5.78 Å². The summed E-state index contributed by atoms with van der Waals surface area (Å²) >= 11 is 0. The maximum absolute atomic E-state index is 10.7. The maximum atomic E-state index is 10.7. The predicted octanol–water partition coefficient (Wildman–Crippen LogP) is 1.32. The first kappa shape index (κ1) is 4.98. The van der Waals surface area contributed by atoms with Gasteiger partial charge in [-0.2, -0.15) is 0 Å². The number of fused-ring (bicyclic) bond motifs is 1. The molecule has 2 atom stereocenters. The molecule has 2 rings (SSSR count). The number of allylic oxidation sites excluding steroid dienone is 4. The highest BCUT2D eigenvalue weighted by Crippen LogP contribution is 2.41.